The van der Waals surface area contributed by atoms with Crippen LogP contribution < -0.4 is 5.32 Å². The fourth-order valence-corrected chi connectivity index (χ4v) is 3.42. The highest BCUT2D eigenvalue weighted by Crippen LogP contribution is 2.35. The van der Waals surface area contributed by atoms with Gasteiger partial charge in [0.05, 0.1) is 0 Å². The summed E-state index contributed by atoms with van der Waals surface area (Å²) >= 11 is 0. The fourth-order valence-electron chi connectivity index (χ4n) is 3.42. The molecule has 0 saturated heterocycles. The Morgan fingerprint density at radius 2 is 1.66 bits per heavy atom. The Bertz CT molecular complexity index is 1150. The molecule has 3 aromatic rings. The van der Waals surface area contributed by atoms with Gasteiger partial charge < -0.3 is 19.9 Å². The Balaban J connectivity index is 1.94. The van der Waals surface area contributed by atoms with Gasteiger partial charge in [0.15, 0.2) is 5.58 Å². The summed E-state index contributed by atoms with van der Waals surface area (Å²) in [6.07, 6.45) is 0.0585. The first-order valence-corrected chi connectivity index (χ1v) is 10.5. The van der Waals surface area contributed by atoms with E-state index in [2.05, 4.69) is 57.9 Å². The number of aliphatic carboxylic acids is 1. The molecule has 0 spiro atoms. The lowest BCUT2D eigenvalue weighted by Crippen LogP contribution is -2.42. The maximum atomic E-state index is 12.8. The van der Waals surface area contributed by atoms with Gasteiger partial charge in [-0.2, -0.15) is 0 Å². The van der Waals surface area contributed by atoms with Gasteiger partial charge in [-0.3, -0.25) is 4.79 Å². The molecule has 3 N–H and O–H groups in total. The third-order valence-electron chi connectivity index (χ3n) is 5.34. The van der Waals surface area contributed by atoms with Crippen molar-refractivity contribution in [3.8, 4) is 5.75 Å². The van der Waals surface area contributed by atoms with Crippen LogP contribution in [-0.2, 0) is 22.0 Å². The molecule has 1 atom stereocenters. The van der Waals surface area contributed by atoms with Crippen LogP contribution in [-0.4, -0.2) is 33.1 Å². The molecule has 1 heterocycles. The molecule has 7 nitrogen and oxygen atoms in total. The van der Waals surface area contributed by atoms with E-state index in [0.717, 1.165) is 11.1 Å². The van der Waals surface area contributed by atoms with E-state index in [1.807, 2.05) is 6.07 Å². The molecule has 1 amide bonds. The van der Waals surface area contributed by atoms with E-state index in [4.69, 9.17) is 4.42 Å². The number of nitrogens with one attached hydrogen (secondary N) is 1. The number of benzene rings is 2. The molecule has 0 aliphatic heterocycles. The number of phenols is 1. The highest BCUT2D eigenvalue weighted by Gasteiger charge is 2.28. The second-order valence-corrected chi connectivity index (χ2v) is 10.1. The number of amides is 1. The van der Waals surface area contributed by atoms with Gasteiger partial charge in [0.25, 0.3) is 5.89 Å². The van der Waals surface area contributed by atoms with Crippen molar-refractivity contribution in [3.63, 3.8) is 0 Å². The van der Waals surface area contributed by atoms with Gasteiger partial charge in [-0.25, -0.2) is 9.78 Å². The fraction of sp³-hybridized carbons (Fsp3) is 0.400. The number of hydrogen-bond donors (Lipinski definition) is 3. The van der Waals surface area contributed by atoms with Gasteiger partial charge in [-0.15, -0.1) is 0 Å². The van der Waals surface area contributed by atoms with Gasteiger partial charge in [-0.1, -0.05) is 59.7 Å². The minimum absolute atomic E-state index is 0.0585. The molecule has 0 aliphatic rings. The summed E-state index contributed by atoms with van der Waals surface area (Å²) < 4.78 is 5.80. The molecule has 2 aromatic carbocycles. The second-order valence-electron chi connectivity index (χ2n) is 10.1. The number of nitrogens with zero attached hydrogens (tertiary/aromatic N) is 1. The number of fused-ring (bicyclic) bond motifs is 1. The van der Waals surface area contributed by atoms with Crippen LogP contribution in [0.4, 0.5) is 0 Å². The quantitative estimate of drug-likeness (QED) is 0.538. The van der Waals surface area contributed by atoms with Crippen LogP contribution in [0.5, 0.6) is 5.75 Å². The Hall–Kier alpha value is -3.35. The maximum Gasteiger partial charge on any atom is 0.326 e. The normalized spacial score (nSPS) is 13.2. The SMILES string of the molecule is CC(C)(C)c1cc(C(C)(C)C)c2nc(C(=O)NC(Cc3ccc(O)cc3)C(=O)O)oc2c1. The topological polar surface area (TPSA) is 113 Å². The van der Waals surface area contributed by atoms with E-state index in [1.165, 1.54) is 12.1 Å². The number of aromatic hydroxyl groups is 1. The zero-order chi connectivity index (χ0) is 23.8. The predicted octanol–water partition coefficient (Wildman–Crippen LogP) is 4.55. The highest BCUT2D eigenvalue weighted by atomic mass is 16.4. The number of carboxylic acids is 1. The minimum Gasteiger partial charge on any atom is -0.508 e. The minimum atomic E-state index is -1.17. The average Bonchev–Trinajstić information content (AvgIpc) is 3.11. The highest BCUT2D eigenvalue weighted by molar-refractivity contribution is 5.95. The summed E-state index contributed by atoms with van der Waals surface area (Å²) in [5.74, 6) is -1.95. The molecule has 0 bridgehead atoms. The molecular weight excluding hydrogens is 408 g/mol. The first-order chi connectivity index (χ1) is 14.8. The number of carbonyl (C=O) groups is 2. The summed E-state index contributed by atoms with van der Waals surface area (Å²) in [6, 6.07) is 8.97. The zero-order valence-corrected chi connectivity index (χ0v) is 19.3. The Morgan fingerprint density at radius 3 is 2.19 bits per heavy atom. The Labute approximate surface area is 187 Å². The Kier molecular flexibility index (Phi) is 6.05. The number of aromatic nitrogens is 1. The number of carboxylic acid groups (broad SMARTS) is 1. The van der Waals surface area contributed by atoms with Crippen molar-refractivity contribution in [1.29, 1.82) is 0 Å². The lowest BCUT2D eigenvalue weighted by Gasteiger charge is -2.24. The number of carbonyl (C=O) groups excluding carboxylic acids is 1. The van der Waals surface area contributed by atoms with Crippen molar-refractivity contribution in [2.45, 2.75) is 64.8 Å². The summed E-state index contributed by atoms with van der Waals surface area (Å²) in [6.45, 7) is 12.5. The first-order valence-electron chi connectivity index (χ1n) is 10.5. The third kappa shape index (κ3) is 5.10. The molecule has 0 saturated carbocycles. The van der Waals surface area contributed by atoms with Crippen LogP contribution in [0.25, 0.3) is 11.1 Å². The molecule has 3 rings (SSSR count). The lowest BCUT2D eigenvalue weighted by molar-refractivity contribution is -0.139. The predicted molar refractivity (Wildman–Crippen MR) is 122 cm³/mol. The summed E-state index contributed by atoms with van der Waals surface area (Å²) in [5.41, 5.74) is 3.43. The van der Waals surface area contributed by atoms with Crippen molar-refractivity contribution >= 4 is 23.0 Å². The second kappa shape index (κ2) is 8.30. The monoisotopic (exact) mass is 438 g/mol. The van der Waals surface area contributed by atoms with Crippen LogP contribution in [0.15, 0.2) is 40.8 Å². The first kappa shape index (κ1) is 23.3. The average molecular weight is 439 g/mol. The van der Waals surface area contributed by atoms with Crippen molar-refractivity contribution in [3.05, 3.63) is 59.0 Å². The largest absolute Gasteiger partial charge is 0.508 e. The number of phenolic OH excluding ortho intramolecular Hbond substituents is 1. The van der Waals surface area contributed by atoms with Gasteiger partial charge in [0.2, 0.25) is 0 Å². The smallest absolute Gasteiger partial charge is 0.326 e. The summed E-state index contributed by atoms with van der Waals surface area (Å²) in [7, 11) is 0. The molecular formula is C25H30N2O5. The van der Waals surface area contributed by atoms with E-state index in [1.54, 1.807) is 12.1 Å². The van der Waals surface area contributed by atoms with Crippen molar-refractivity contribution in [2.24, 2.45) is 0 Å². The standard InChI is InChI=1S/C25H30N2O5/c1-24(2,3)15-12-17(25(4,5)6)20-19(13-15)32-22(27-20)21(29)26-18(23(30)31)11-14-7-9-16(28)10-8-14/h7-10,12-13,18,28H,11H2,1-6H3,(H,26,29)(H,30,31). The van der Waals surface area contributed by atoms with Gasteiger partial charge in [0, 0.05) is 6.42 Å². The molecule has 0 radical (unpaired) electrons. The van der Waals surface area contributed by atoms with Crippen LogP contribution >= 0.6 is 0 Å². The molecule has 0 fully saturated rings. The van der Waals surface area contributed by atoms with Crippen LogP contribution in [0, 0.1) is 0 Å². The number of hydrogen-bond acceptors (Lipinski definition) is 5. The molecule has 1 aromatic heterocycles. The molecule has 1 unspecified atom stereocenters. The molecule has 32 heavy (non-hydrogen) atoms. The van der Waals surface area contributed by atoms with E-state index in [-0.39, 0.29) is 28.9 Å². The van der Waals surface area contributed by atoms with E-state index in [0.29, 0.717) is 16.7 Å². The number of rotatable bonds is 5. The third-order valence-corrected chi connectivity index (χ3v) is 5.34. The van der Waals surface area contributed by atoms with E-state index >= 15 is 0 Å². The van der Waals surface area contributed by atoms with E-state index in [9.17, 15) is 19.8 Å². The molecule has 7 heteroatoms. The Morgan fingerprint density at radius 1 is 1.03 bits per heavy atom. The van der Waals surface area contributed by atoms with E-state index < -0.39 is 17.9 Å². The number of oxazole rings is 1. The lowest BCUT2D eigenvalue weighted by atomic mass is 9.80. The van der Waals surface area contributed by atoms with Crippen molar-refractivity contribution in [2.75, 3.05) is 0 Å². The molecule has 0 aliphatic carbocycles. The van der Waals surface area contributed by atoms with Crippen molar-refractivity contribution in [1.82, 2.24) is 10.3 Å². The van der Waals surface area contributed by atoms with Crippen molar-refractivity contribution < 1.29 is 24.2 Å². The van der Waals surface area contributed by atoms with Gasteiger partial charge >= 0.3 is 11.9 Å². The van der Waals surface area contributed by atoms with Crippen LogP contribution in [0.2, 0.25) is 0 Å². The zero-order valence-electron chi connectivity index (χ0n) is 19.3. The summed E-state index contributed by atoms with van der Waals surface area (Å²) in [4.78, 5) is 29.0. The van der Waals surface area contributed by atoms with Gasteiger partial charge in [0.1, 0.15) is 17.3 Å². The summed E-state index contributed by atoms with van der Waals surface area (Å²) in [5, 5.41) is 21.5. The van der Waals surface area contributed by atoms with Crippen LogP contribution in [0.3, 0.4) is 0 Å². The van der Waals surface area contributed by atoms with Gasteiger partial charge in [-0.05, 0) is 45.7 Å². The molecule has 170 valence electrons. The van der Waals surface area contributed by atoms with Crippen LogP contribution in [0.1, 0.15) is 68.9 Å². The maximum absolute atomic E-state index is 12.8.